The van der Waals surface area contributed by atoms with Crippen LogP contribution in [0, 0.1) is 0 Å². The summed E-state index contributed by atoms with van der Waals surface area (Å²) >= 11 is 5.82. The number of hydrogen-bond donors (Lipinski definition) is 1. The van der Waals surface area contributed by atoms with E-state index in [9.17, 15) is 4.21 Å². The van der Waals surface area contributed by atoms with Gasteiger partial charge in [-0.05, 0) is 42.0 Å². The largest absolute Gasteiger partial charge is 0.454 e. The fourth-order valence-electron chi connectivity index (χ4n) is 2.09. The first-order valence-electron chi connectivity index (χ1n) is 6.42. The second kappa shape index (κ2) is 6.05. The van der Waals surface area contributed by atoms with Crippen LogP contribution in [-0.4, -0.2) is 16.8 Å². The lowest BCUT2D eigenvalue weighted by Crippen LogP contribution is -2.18. The molecule has 2 unspecified atom stereocenters. The number of benzene rings is 2. The molecule has 0 aromatic heterocycles. The van der Waals surface area contributed by atoms with Gasteiger partial charge in [0.15, 0.2) is 11.5 Å². The van der Waals surface area contributed by atoms with Gasteiger partial charge in [-0.3, -0.25) is 4.21 Å². The van der Waals surface area contributed by atoms with E-state index in [1.807, 2.05) is 18.2 Å². The van der Waals surface area contributed by atoms with Crippen LogP contribution in [-0.2, 0) is 10.8 Å². The number of halogens is 1. The van der Waals surface area contributed by atoms with Crippen LogP contribution in [0.1, 0.15) is 11.6 Å². The van der Waals surface area contributed by atoms with E-state index in [2.05, 4.69) is 0 Å². The third-order valence-electron chi connectivity index (χ3n) is 3.23. The molecule has 2 N–H and O–H groups in total. The fourth-order valence-corrected chi connectivity index (χ4v) is 3.36. The quantitative estimate of drug-likeness (QED) is 0.939. The molecular weight excluding hydrogens is 310 g/mol. The first-order chi connectivity index (χ1) is 10.1. The number of rotatable bonds is 4. The van der Waals surface area contributed by atoms with Crippen LogP contribution >= 0.6 is 11.6 Å². The van der Waals surface area contributed by atoms with Gasteiger partial charge in [-0.2, -0.15) is 0 Å². The third kappa shape index (κ3) is 3.20. The Hall–Kier alpha value is -1.56. The highest BCUT2D eigenvalue weighted by molar-refractivity contribution is 7.85. The van der Waals surface area contributed by atoms with Crippen molar-refractivity contribution in [1.82, 2.24) is 0 Å². The first-order valence-corrected chi connectivity index (χ1v) is 8.12. The Morgan fingerprint density at radius 2 is 1.86 bits per heavy atom. The lowest BCUT2D eigenvalue weighted by Gasteiger charge is -2.12. The average molecular weight is 324 g/mol. The summed E-state index contributed by atoms with van der Waals surface area (Å²) in [4.78, 5) is 0.718. The zero-order valence-corrected chi connectivity index (χ0v) is 12.7. The van der Waals surface area contributed by atoms with Gasteiger partial charge in [0.05, 0.1) is 10.8 Å². The first kappa shape index (κ1) is 14.4. The van der Waals surface area contributed by atoms with Crippen molar-refractivity contribution in [3.63, 3.8) is 0 Å². The van der Waals surface area contributed by atoms with Crippen molar-refractivity contribution in [2.45, 2.75) is 10.9 Å². The minimum Gasteiger partial charge on any atom is -0.454 e. The molecule has 2 aromatic rings. The molecule has 0 bridgehead atoms. The van der Waals surface area contributed by atoms with E-state index in [0.29, 0.717) is 22.3 Å². The Kier molecular flexibility index (Phi) is 4.14. The van der Waals surface area contributed by atoms with Crippen LogP contribution in [0.25, 0.3) is 0 Å². The molecule has 0 saturated heterocycles. The third-order valence-corrected chi connectivity index (χ3v) is 4.94. The van der Waals surface area contributed by atoms with Gasteiger partial charge in [0.25, 0.3) is 0 Å². The summed E-state index contributed by atoms with van der Waals surface area (Å²) in [5.41, 5.74) is 7.02. The highest BCUT2D eigenvalue weighted by atomic mass is 35.5. The molecule has 1 aliphatic rings. The van der Waals surface area contributed by atoms with Crippen molar-refractivity contribution >= 4 is 22.4 Å². The number of nitrogens with two attached hydrogens (primary N) is 1. The zero-order valence-electron chi connectivity index (χ0n) is 11.1. The van der Waals surface area contributed by atoms with Crippen molar-refractivity contribution in [3.8, 4) is 11.5 Å². The molecule has 1 heterocycles. The number of fused-ring (bicyclic) bond motifs is 1. The van der Waals surface area contributed by atoms with Crippen LogP contribution < -0.4 is 15.2 Å². The lowest BCUT2D eigenvalue weighted by atomic mass is 10.1. The van der Waals surface area contributed by atoms with E-state index in [4.69, 9.17) is 26.8 Å². The van der Waals surface area contributed by atoms with Crippen molar-refractivity contribution in [1.29, 1.82) is 0 Å². The van der Waals surface area contributed by atoms with Crippen molar-refractivity contribution < 1.29 is 13.7 Å². The van der Waals surface area contributed by atoms with E-state index in [0.717, 1.165) is 10.5 Å². The molecule has 0 fully saturated rings. The van der Waals surface area contributed by atoms with E-state index < -0.39 is 10.8 Å². The minimum absolute atomic E-state index is 0.227. The highest BCUT2D eigenvalue weighted by Gasteiger charge is 2.17. The maximum atomic E-state index is 12.3. The predicted molar refractivity (Wildman–Crippen MR) is 82.2 cm³/mol. The van der Waals surface area contributed by atoms with E-state index >= 15 is 0 Å². The summed E-state index contributed by atoms with van der Waals surface area (Å²) < 4.78 is 22.9. The Morgan fingerprint density at radius 3 is 2.62 bits per heavy atom. The summed E-state index contributed by atoms with van der Waals surface area (Å²) in [5, 5.41) is 0.621. The molecule has 0 amide bonds. The molecule has 4 nitrogen and oxygen atoms in total. The van der Waals surface area contributed by atoms with E-state index in [1.165, 1.54) is 0 Å². The molecule has 110 valence electrons. The minimum atomic E-state index is -1.18. The monoisotopic (exact) mass is 323 g/mol. The molecular formula is C15H14ClNO3S. The molecule has 0 aliphatic carbocycles. The molecule has 21 heavy (non-hydrogen) atoms. The second-order valence-electron chi connectivity index (χ2n) is 4.69. The van der Waals surface area contributed by atoms with E-state index in [-0.39, 0.29) is 12.8 Å². The summed E-state index contributed by atoms with van der Waals surface area (Å²) in [6.45, 7) is 0.227. The van der Waals surface area contributed by atoms with Crippen LogP contribution in [0.15, 0.2) is 47.4 Å². The van der Waals surface area contributed by atoms with Gasteiger partial charge >= 0.3 is 0 Å². The number of hydrogen-bond acceptors (Lipinski definition) is 4. The van der Waals surface area contributed by atoms with Crippen LogP contribution in [0.4, 0.5) is 0 Å². The topological polar surface area (TPSA) is 61.6 Å². The van der Waals surface area contributed by atoms with Crippen LogP contribution in [0.5, 0.6) is 11.5 Å². The summed E-state index contributed by atoms with van der Waals surface area (Å²) in [6.07, 6.45) is 0. The Morgan fingerprint density at radius 1 is 1.14 bits per heavy atom. The lowest BCUT2D eigenvalue weighted by molar-refractivity contribution is 0.174. The molecule has 6 heteroatoms. The summed E-state index contributed by atoms with van der Waals surface area (Å²) in [6, 6.07) is 12.2. The SMILES string of the molecule is NC(CS(=O)c1ccc(Cl)cc1)c1ccc2c(c1)OCO2. The standard InChI is InChI=1S/C15H14ClNO3S/c16-11-2-4-12(5-3-11)21(18)8-13(17)10-1-6-14-15(7-10)20-9-19-14/h1-7,13H,8-9,17H2. The van der Waals surface area contributed by atoms with Crippen LogP contribution in [0.2, 0.25) is 5.02 Å². The maximum absolute atomic E-state index is 12.3. The normalized spacial score (nSPS) is 15.7. The van der Waals surface area contributed by atoms with Gasteiger partial charge in [0.1, 0.15) is 0 Å². The maximum Gasteiger partial charge on any atom is 0.231 e. The molecule has 3 rings (SSSR count). The number of ether oxygens (including phenoxy) is 2. The van der Waals surface area contributed by atoms with Gasteiger partial charge in [-0.1, -0.05) is 17.7 Å². The van der Waals surface area contributed by atoms with Gasteiger partial charge < -0.3 is 15.2 Å². The Bertz CT molecular complexity index is 675. The van der Waals surface area contributed by atoms with Gasteiger partial charge in [0.2, 0.25) is 6.79 Å². The van der Waals surface area contributed by atoms with Gasteiger partial charge in [-0.25, -0.2) is 0 Å². The highest BCUT2D eigenvalue weighted by Crippen LogP contribution is 2.34. The molecule has 2 aromatic carbocycles. The fraction of sp³-hybridized carbons (Fsp3) is 0.200. The summed E-state index contributed by atoms with van der Waals surface area (Å²) in [5.74, 6) is 1.73. The smallest absolute Gasteiger partial charge is 0.231 e. The zero-order chi connectivity index (χ0) is 14.8. The molecule has 0 radical (unpaired) electrons. The molecule has 1 aliphatic heterocycles. The van der Waals surface area contributed by atoms with E-state index in [1.54, 1.807) is 24.3 Å². The van der Waals surface area contributed by atoms with Gasteiger partial charge in [-0.15, -0.1) is 0 Å². The summed E-state index contributed by atoms with van der Waals surface area (Å²) in [7, 11) is -1.18. The van der Waals surface area contributed by atoms with Crippen molar-refractivity contribution in [2.24, 2.45) is 5.73 Å². The second-order valence-corrected chi connectivity index (χ2v) is 6.62. The van der Waals surface area contributed by atoms with Crippen molar-refractivity contribution in [2.75, 3.05) is 12.5 Å². The Balaban J connectivity index is 1.72. The molecule has 0 spiro atoms. The van der Waals surface area contributed by atoms with Crippen molar-refractivity contribution in [3.05, 3.63) is 53.1 Å². The van der Waals surface area contributed by atoms with Crippen LogP contribution in [0.3, 0.4) is 0 Å². The predicted octanol–water partition coefficient (Wildman–Crippen LogP) is 2.88. The average Bonchev–Trinajstić information content (AvgIpc) is 2.95. The Labute approximate surface area is 130 Å². The molecule has 2 atom stereocenters. The van der Waals surface area contributed by atoms with Gasteiger partial charge in [0, 0.05) is 21.7 Å². The molecule has 0 saturated carbocycles.